The van der Waals surface area contributed by atoms with E-state index < -0.39 is 119 Å². The Hall–Kier alpha value is -5.46. The minimum absolute atomic E-state index is 0.000740. The van der Waals surface area contributed by atoms with E-state index in [4.69, 9.17) is 25.3 Å². The number of β-lactam (4-membered cyclic amide) rings is 1. The number of thioether (sulfide) groups is 1. The smallest absolute Gasteiger partial charge is 0.470 e. The van der Waals surface area contributed by atoms with Gasteiger partial charge in [-0.2, -0.15) is 0 Å². The molecule has 4 amide bonds. The van der Waals surface area contributed by atoms with Crippen molar-refractivity contribution >= 4 is 79.9 Å². The van der Waals surface area contributed by atoms with Gasteiger partial charge >= 0.3 is 22.4 Å². The lowest BCUT2D eigenvalue weighted by Gasteiger charge is -2.43. The number of rotatable bonds is 24. The molecule has 2 aromatic heterocycles. The van der Waals surface area contributed by atoms with E-state index in [9.17, 15) is 77.7 Å². The number of hydrogen-bond acceptors (Lipinski definition) is 22. The summed E-state index contributed by atoms with van der Waals surface area (Å²) in [6, 6.07) is 7.95. The van der Waals surface area contributed by atoms with Crippen LogP contribution in [0.2, 0.25) is 0 Å². The van der Waals surface area contributed by atoms with Crippen LogP contribution >= 0.6 is 34.2 Å². The van der Waals surface area contributed by atoms with Crippen molar-refractivity contribution in [3.63, 3.8) is 0 Å². The molecule has 15 N–H and O–H groups in total. The largest absolute Gasteiger partial charge is 0.508 e. The maximum atomic E-state index is 13.5. The number of amides is 4. The number of carbonyl (C=O) groups is 5. The summed E-state index contributed by atoms with van der Waals surface area (Å²) < 4.78 is 59.0. The van der Waals surface area contributed by atoms with Crippen molar-refractivity contribution in [3.05, 3.63) is 72.3 Å². The van der Waals surface area contributed by atoms with E-state index in [0.717, 1.165) is 29.0 Å². The van der Waals surface area contributed by atoms with E-state index in [2.05, 4.69) is 35.4 Å². The number of phosphoric acid groups is 1. The van der Waals surface area contributed by atoms with Gasteiger partial charge in [0, 0.05) is 30.7 Å². The predicted molar refractivity (Wildman–Crippen MR) is 256 cm³/mol. The highest BCUT2D eigenvalue weighted by molar-refractivity contribution is 8.26. The highest BCUT2D eigenvalue weighted by atomic mass is 32.2. The molecule has 10 atom stereocenters. The van der Waals surface area contributed by atoms with Crippen molar-refractivity contribution in [2.24, 2.45) is 11.1 Å². The van der Waals surface area contributed by atoms with Crippen LogP contribution in [0.25, 0.3) is 11.2 Å². The molecule has 6 rings (SSSR count). The molecule has 2 aliphatic rings. The fraction of sp³-hybridized carbons (Fsp3) is 0.450. The third-order valence-corrected chi connectivity index (χ3v) is 17.1. The number of imidazole rings is 1. The first kappa shape index (κ1) is 57.8. The molecule has 2 aromatic carbocycles. The number of phenols is 2. The topological polar surface area (TPSA) is 470 Å². The zero-order valence-electron chi connectivity index (χ0n) is 39.0. The zero-order valence-corrected chi connectivity index (χ0v) is 42.5. The van der Waals surface area contributed by atoms with Gasteiger partial charge in [0.2, 0.25) is 28.7 Å². The minimum Gasteiger partial charge on any atom is -0.508 e. The molecule has 0 radical (unpaired) electrons. The van der Waals surface area contributed by atoms with Crippen LogP contribution in [0, 0.1) is 5.41 Å². The number of carbonyl (C=O) groups excluding carboxylic acids is 5. The van der Waals surface area contributed by atoms with Crippen LogP contribution in [0.1, 0.15) is 49.7 Å². The summed E-state index contributed by atoms with van der Waals surface area (Å²) in [6.45, 7) is -0.255. The summed E-state index contributed by atoms with van der Waals surface area (Å²) in [4.78, 5) is 118. The van der Waals surface area contributed by atoms with Gasteiger partial charge in [-0.1, -0.05) is 49.9 Å². The second kappa shape index (κ2) is 23.6. The molecule has 2 saturated heterocycles. The lowest BCUT2D eigenvalue weighted by atomic mass is 9.87. The van der Waals surface area contributed by atoms with Crippen molar-refractivity contribution in [1.82, 2.24) is 40.4 Å². The number of hydrogen-bond donors (Lipinski definition) is 13. The van der Waals surface area contributed by atoms with E-state index in [1.165, 1.54) is 67.3 Å². The Morgan fingerprint density at radius 1 is 0.905 bits per heavy atom. The third-order valence-electron chi connectivity index (χ3n) is 11.4. The quantitative estimate of drug-likeness (QED) is 0.0225. The number of aromatic nitrogens is 4. The number of ether oxygens (including phenoxy) is 1. The van der Waals surface area contributed by atoms with Crippen molar-refractivity contribution in [2.75, 3.05) is 44.3 Å². The van der Waals surface area contributed by atoms with Gasteiger partial charge in [-0.05, 0) is 35.4 Å². The van der Waals surface area contributed by atoms with Crippen LogP contribution in [0.15, 0.2) is 61.2 Å². The molecular formula is C40H53N10O20P3S. The molecule has 2 fully saturated rings. The second-order valence-corrected chi connectivity index (χ2v) is 25.1. The monoisotopic (exact) mass is 1120 g/mol. The van der Waals surface area contributed by atoms with Gasteiger partial charge in [-0.3, -0.25) is 42.1 Å². The van der Waals surface area contributed by atoms with E-state index in [1.807, 2.05) is 0 Å². The SMILES string of the molecule is CC(C)(COP(=O)(O)P(=O)(O)OC[C@H]1O[C@@H](n2cnc3c(N)ncnc32)[C@H](O)[C@@H]1OP(=O)(O)O)[C@@H](O)C(=O)NCCC(=O)NCCSC(=O)[C@H](c1ccc(O)cc1)N1C[C@H](NC(=O)[C@H](N)c2ccc(O)cc2)C1=O. The van der Waals surface area contributed by atoms with Crippen LogP contribution in [0.3, 0.4) is 0 Å². The standard InChI is InChI=1S/C40H53N10O20P3S/c1-40(2,17-68-73(65,66)72(63,64)67-16-25-31(70-71(60,61)62)30(54)38(69-25)50-19-47-28-33(42)45-18-46-34(28)50)32(55)36(57)44-12-11-26(53)43-13-14-74-39(59)29(21-5-9-23(52)10-6-21)49-15-24(37(49)58)48-35(56)27(41)20-3-7-22(51)8-4-20/h3-10,18-19,24-25,27,29-32,38,51-52,54-55H,11-17,41H2,1-2H3,(H,43,53)(H,44,57)(H,48,56)(H,63,64)(H,65,66)(H2,42,45,46)(H2,60,61,62)/t24-,25+,27+,29-,30+,31+,32-,38+/m0/s1. The second-order valence-electron chi connectivity index (χ2n) is 17.3. The van der Waals surface area contributed by atoms with Gasteiger partial charge in [0.25, 0.3) is 0 Å². The number of aliphatic hydroxyl groups is 2. The molecule has 30 nitrogen and oxygen atoms in total. The summed E-state index contributed by atoms with van der Waals surface area (Å²) >= 11 is 0.790. The number of nitrogens with one attached hydrogen (secondary N) is 3. The average Bonchev–Trinajstić information content (AvgIpc) is 3.90. The first-order valence-electron chi connectivity index (χ1n) is 21.9. The normalized spacial score (nSPS) is 21.9. The molecule has 0 spiro atoms. The molecule has 404 valence electrons. The number of benzene rings is 2. The summed E-state index contributed by atoms with van der Waals surface area (Å²) in [6.07, 6.45) is -7.46. The minimum atomic E-state index is -5.77. The highest BCUT2D eigenvalue weighted by Crippen LogP contribution is 2.78. The van der Waals surface area contributed by atoms with E-state index >= 15 is 0 Å². The average molecular weight is 1120 g/mol. The van der Waals surface area contributed by atoms with Gasteiger partial charge in [-0.25, -0.2) is 28.6 Å². The van der Waals surface area contributed by atoms with Crippen LogP contribution < -0.4 is 27.4 Å². The van der Waals surface area contributed by atoms with Gasteiger partial charge in [0.05, 0.1) is 26.1 Å². The molecule has 4 heterocycles. The number of likely N-dealkylation sites (tertiary alicyclic amines) is 1. The fourth-order valence-electron chi connectivity index (χ4n) is 7.32. The maximum absolute atomic E-state index is 13.5. The Bertz CT molecular complexity index is 2860. The lowest BCUT2D eigenvalue weighted by molar-refractivity contribution is -0.152. The number of fused-ring (bicyclic) bond motifs is 1. The molecular weight excluding hydrogens is 1070 g/mol. The van der Waals surface area contributed by atoms with Gasteiger partial charge in [-0.15, -0.1) is 0 Å². The van der Waals surface area contributed by atoms with Crippen molar-refractivity contribution in [3.8, 4) is 11.5 Å². The molecule has 2 unspecified atom stereocenters. The number of anilines is 1. The first-order valence-corrected chi connectivity index (χ1v) is 28.3. The number of aromatic hydroxyl groups is 2. The number of phosphoric ester groups is 1. The van der Waals surface area contributed by atoms with Crippen LogP contribution in [0.5, 0.6) is 11.5 Å². The summed E-state index contributed by atoms with van der Waals surface area (Å²) in [5.74, 6) is -3.05. The van der Waals surface area contributed by atoms with E-state index in [1.54, 1.807) is 0 Å². The fourth-order valence-corrected chi connectivity index (χ4v) is 11.1. The molecule has 2 aliphatic heterocycles. The number of nitrogens with two attached hydrogens (primary N) is 2. The molecule has 0 aliphatic carbocycles. The Morgan fingerprint density at radius 2 is 1.53 bits per heavy atom. The molecule has 74 heavy (non-hydrogen) atoms. The molecule has 34 heteroatoms. The first-order chi connectivity index (χ1) is 34.6. The number of nitrogen functional groups attached to an aromatic ring is 1. The maximum Gasteiger partial charge on any atom is 0.470 e. The highest BCUT2D eigenvalue weighted by Gasteiger charge is 2.53. The molecule has 0 saturated carbocycles. The van der Waals surface area contributed by atoms with Gasteiger partial charge < -0.3 is 77.1 Å². The van der Waals surface area contributed by atoms with Gasteiger partial charge in [0.1, 0.15) is 65.9 Å². The summed E-state index contributed by atoms with van der Waals surface area (Å²) in [7, 11) is -16.9. The Labute approximate surface area is 423 Å². The Balaban J connectivity index is 0.932. The number of aliphatic hydroxyl groups excluding tert-OH is 2. The van der Waals surface area contributed by atoms with E-state index in [0.29, 0.717) is 11.1 Å². The van der Waals surface area contributed by atoms with Crippen molar-refractivity contribution in [2.45, 2.75) is 69.0 Å². The van der Waals surface area contributed by atoms with Crippen molar-refractivity contribution < 1.29 is 96.0 Å². The Kier molecular flexibility index (Phi) is 18.4. The zero-order chi connectivity index (χ0) is 54.5. The number of nitrogens with zero attached hydrogens (tertiary/aromatic N) is 5. The van der Waals surface area contributed by atoms with Crippen molar-refractivity contribution in [1.29, 1.82) is 0 Å². The van der Waals surface area contributed by atoms with E-state index in [-0.39, 0.29) is 60.3 Å². The molecule has 4 aromatic rings. The van der Waals surface area contributed by atoms with Crippen LogP contribution in [0.4, 0.5) is 5.82 Å². The lowest BCUT2D eigenvalue weighted by Crippen LogP contribution is -2.65. The van der Waals surface area contributed by atoms with Gasteiger partial charge in [0.15, 0.2) is 17.7 Å². The van der Waals surface area contributed by atoms with Crippen LogP contribution in [-0.2, 0) is 56.0 Å². The Morgan fingerprint density at radius 3 is 2.15 bits per heavy atom. The number of phenolic OH excluding ortho intramolecular Hbond substituents is 2. The predicted octanol–water partition coefficient (Wildman–Crippen LogP) is -1.09. The third kappa shape index (κ3) is 13.9. The van der Waals surface area contributed by atoms with Crippen LogP contribution in [-0.4, -0.2) is 162 Å². The summed E-state index contributed by atoms with van der Waals surface area (Å²) in [5.41, 5.74) is 10.9. The molecule has 0 bridgehead atoms. The summed E-state index contributed by atoms with van der Waals surface area (Å²) in [5, 5.41) is 48.0.